The fourth-order valence-corrected chi connectivity index (χ4v) is 10.8. The fraction of sp³-hybridized carbons (Fsp3) is 0.889. The van der Waals surface area contributed by atoms with E-state index in [1.165, 1.54) is 135 Å². The summed E-state index contributed by atoms with van der Waals surface area (Å²) in [5, 5.41) is 120. The first kappa shape index (κ1) is 74.3. The van der Waals surface area contributed by atoms with Crippen LogP contribution < -0.4 is 5.32 Å². The average molecular weight is 1170 g/mol. The summed E-state index contributed by atoms with van der Waals surface area (Å²) in [6, 6.07) is -0.993. The van der Waals surface area contributed by atoms with Crippen LogP contribution in [0.1, 0.15) is 226 Å². The number of ether oxygens (including phenoxy) is 6. The van der Waals surface area contributed by atoms with Crippen LogP contribution in [0.25, 0.3) is 0 Å². The van der Waals surface area contributed by atoms with Crippen molar-refractivity contribution < 1.29 is 89.4 Å². The summed E-state index contributed by atoms with van der Waals surface area (Å²) in [6.07, 6.45) is 24.2. The number of aliphatic hydroxyl groups is 11. The minimum atomic E-state index is -1.98. The Morgan fingerprint density at radius 1 is 0.427 bits per heavy atom. The summed E-state index contributed by atoms with van der Waals surface area (Å²) >= 11 is 0. The Morgan fingerprint density at radius 3 is 1.23 bits per heavy atom. The topological polar surface area (TPSA) is 307 Å². The Hall–Kier alpha value is -1.99. The molecule has 0 spiro atoms. The number of carbonyl (C=O) groups excluding carboxylic acids is 1. The number of unbranched alkanes of at least 4 members (excludes halogenated alkanes) is 28. The molecule has 1 amide bonds. The third kappa shape index (κ3) is 29.1. The van der Waals surface area contributed by atoms with E-state index in [4.69, 9.17) is 28.4 Å². The summed E-state index contributed by atoms with van der Waals surface area (Å²) < 4.78 is 34.2. The number of allylic oxidation sites excluding steroid dienone is 5. The molecule has 3 aliphatic rings. The maximum atomic E-state index is 13.3. The summed E-state index contributed by atoms with van der Waals surface area (Å²) in [5.74, 6) is -0.295. The first-order valence-electron chi connectivity index (χ1n) is 32.2. The maximum Gasteiger partial charge on any atom is 0.220 e. The zero-order valence-electron chi connectivity index (χ0n) is 50.2. The first-order chi connectivity index (χ1) is 39.8. The van der Waals surface area contributed by atoms with Crippen LogP contribution in [-0.4, -0.2) is 193 Å². The van der Waals surface area contributed by atoms with Gasteiger partial charge in [0.25, 0.3) is 0 Å². The first-order valence-corrected chi connectivity index (χ1v) is 32.2. The largest absolute Gasteiger partial charge is 0.394 e. The van der Waals surface area contributed by atoms with Crippen LogP contribution in [0.15, 0.2) is 36.5 Å². The van der Waals surface area contributed by atoms with Gasteiger partial charge < -0.3 is 89.9 Å². The smallest absolute Gasteiger partial charge is 0.220 e. The number of amides is 1. The minimum Gasteiger partial charge on any atom is -0.394 e. The molecule has 82 heavy (non-hydrogen) atoms. The minimum absolute atomic E-state index is 0.225. The molecule has 0 aliphatic carbocycles. The van der Waals surface area contributed by atoms with Gasteiger partial charge in [0, 0.05) is 6.42 Å². The molecule has 17 atom stereocenters. The average Bonchev–Trinajstić information content (AvgIpc) is 3.42. The van der Waals surface area contributed by atoms with Crippen LogP contribution >= 0.6 is 0 Å². The van der Waals surface area contributed by atoms with Gasteiger partial charge in [-0.2, -0.15) is 0 Å². The lowest BCUT2D eigenvalue weighted by molar-refractivity contribution is -0.379. The van der Waals surface area contributed by atoms with Crippen molar-refractivity contribution in [3.8, 4) is 0 Å². The van der Waals surface area contributed by atoms with Gasteiger partial charge in [-0.15, -0.1) is 0 Å². The van der Waals surface area contributed by atoms with Crippen molar-refractivity contribution in [3.63, 3.8) is 0 Å². The predicted octanol–water partition coefficient (Wildman–Crippen LogP) is 6.88. The third-order valence-electron chi connectivity index (χ3n) is 16.2. The van der Waals surface area contributed by atoms with Crippen LogP contribution in [-0.2, 0) is 33.2 Å². The molecule has 3 saturated heterocycles. The van der Waals surface area contributed by atoms with E-state index in [0.717, 1.165) is 57.8 Å². The predicted molar refractivity (Wildman–Crippen MR) is 314 cm³/mol. The van der Waals surface area contributed by atoms with Gasteiger partial charge in [-0.25, -0.2) is 0 Å². The Balaban J connectivity index is 1.47. The van der Waals surface area contributed by atoms with Crippen molar-refractivity contribution in [2.24, 2.45) is 0 Å². The summed E-state index contributed by atoms with van der Waals surface area (Å²) in [5.41, 5.74) is 0. The summed E-state index contributed by atoms with van der Waals surface area (Å²) in [7, 11) is 0. The van der Waals surface area contributed by atoms with E-state index in [9.17, 15) is 61.0 Å². The number of aliphatic hydroxyl groups excluding tert-OH is 11. The van der Waals surface area contributed by atoms with Gasteiger partial charge in [0.05, 0.1) is 38.6 Å². The normalized spacial score (nSPS) is 29.8. The second kappa shape index (κ2) is 46.2. The molecule has 0 aromatic carbocycles. The Bertz CT molecular complexity index is 1640. The molecule has 0 aromatic rings. The van der Waals surface area contributed by atoms with E-state index in [1.54, 1.807) is 6.08 Å². The molecular weight excluding hydrogens is 1060 g/mol. The van der Waals surface area contributed by atoms with Gasteiger partial charge in [0.1, 0.15) is 73.2 Å². The lowest BCUT2D eigenvalue weighted by atomic mass is 9.96. The highest BCUT2D eigenvalue weighted by Gasteiger charge is 2.53. The monoisotopic (exact) mass is 1170 g/mol. The van der Waals surface area contributed by atoms with Crippen LogP contribution in [0.5, 0.6) is 0 Å². The van der Waals surface area contributed by atoms with Crippen LogP contribution in [0.3, 0.4) is 0 Å². The van der Waals surface area contributed by atoms with Crippen LogP contribution in [0.2, 0.25) is 0 Å². The van der Waals surface area contributed by atoms with Crippen molar-refractivity contribution in [2.75, 3.05) is 26.4 Å². The number of rotatable bonds is 48. The second-order valence-electron chi connectivity index (χ2n) is 23.2. The highest BCUT2D eigenvalue weighted by atomic mass is 16.8. The molecule has 3 rings (SSSR count). The second-order valence-corrected chi connectivity index (χ2v) is 23.2. The Labute approximate surface area is 491 Å². The molecule has 3 heterocycles. The lowest BCUT2D eigenvalue weighted by Gasteiger charge is -2.48. The molecule has 17 unspecified atom stereocenters. The molecule has 480 valence electrons. The van der Waals surface area contributed by atoms with E-state index in [1.807, 2.05) is 6.08 Å². The van der Waals surface area contributed by atoms with E-state index in [-0.39, 0.29) is 18.9 Å². The van der Waals surface area contributed by atoms with E-state index in [0.29, 0.717) is 12.8 Å². The van der Waals surface area contributed by atoms with E-state index in [2.05, 4.69) is 43.5 Å². The standard InChI is InChI=1S/C63H115NO18/c1-3-5-7-9-11-13-15-17-18-19-20-21-22-23-24-25-26-27-29-30-32-34-36-38-40-47(68)46(64-51(69)41-39-37-35-33-31-28-16-14-12-10-8-6-4-2)45-77-61-57(75)54(72)59(49(43-66)79-61)82-63-58(76)55(73)60(50(44-67)80-63)81-62-56(74)53(71)52(70)48(42-65)78-62/h14,16,30,32,38,40,46-50,52-63,65-68,70-76H,3-13,15,17-29,31,33-37,39,41-45H2,1-2H3,(H,64,69)/b16-14-,32-30+,40-38+. The van der Waals surface area contributed by atoms with Gasteiger partial charge in [-0.3, -0.25) is 4.79 Å². The molecule has 19 nitrogen and oxygen atoms in total. The van der Waals surface area contributed by atoms with Crippen molar-refractivity contribution in [2.45, 2.75) is 330 Å². The molecule has 0 radical (unpaired) electrons. The maximum absolute atomic E-state index is 13.3. The molecule has 0 aromatic heterocycles. The molecule has 19 heteroatoms. The highest BCUT2D eigenvalue weighted by Crippen LogP contribution is 2.33. The number of hydrogen-bond acceptors (Lipinski definition) is 18. The summed E-state index contributed by atoms with van der Waals surface area (Å²) in [6.45, 7) is 1.69. The van der Waals surface area contributed by atoms with E-state index < -0.39 is 124 Å². The molecule has 0 saturated carbocycles. The van der Waals surface area contributed by atoms with Crippen molar-refractivity contribution in [1.82, 2.24) is 5.32 Å². The SMILES string of the molecule is CCCCCC/C=C\CCCCCCCC(=O)NC(COC1OC(CO)C(OC2OC(CO)C(OC3OC(CO)C(O)C(O)C3O)C(O)C2O)C(O)C1O)C(O)/C=C/CC/C=C/CCCCCCCCCCCCCCCCCCCC. The number of nitrogens with one attached hydrogen (secondary N) is 1. The van der Waals surface area contributed by atoms with Gasteiger partial charge in [-0.1, -0.05) is 198 Å². The lowest BCUT2D eigenvalue weighted by Crippen LogP contribution is -2.66. The van der Waals surface area contributed by atoms with Crippen molar-refractivity contribution in [3.05, 3.63) is 36.5 Å². The highest BCUT2D eigenvalue weighted by molar-refractivity contribution is 5.76. The van der Waals surface area contributed by atoms with Gasteiger partial charge in [0.15, 0.2) is 18.9 Å². The van der Waals surface area contributed by atoms with Gasteiger partial charge in [-0.05, 0) is 57.8 Å². The zero-order valence-corrected chi connectivity index (χ0v) is 50.2. The number of hydrogen-bond donors (Lipinski definition) is 12. The van der Waals surface area contributed by atoms with Gasteiger partial charge >= 0.3 is 0 Å². The molecule has 3 aliphatic heterocycles. The third-order valence-corrected chi connectivity index (χ3v) is 16.2. The Kier molecular flexibility index (Phi) is 41.8. The summed E-state index contributed by atoms with van der Waals surface area (Å²) in [4.78, 5) is 13.3. The van der Waals surface area contributed by atoms with Crippen LogP contribution in [0.4, 0.5) is 0 Å². The van der Waals surface area contributed by atoms with Crippen molar-refractivity contribution in [1.29, 1.82) is 0 Å². The Morgan fingerprint density at radius 2 is 0.780 bits per heavy atom. The van der Waals surface area contributed by atoms with Gasteiger partial charge in [0.2, 0.25) is 5.91 Å². The molecule has 0 bridgehead atoms. The fourth-order valence-electron chi connectivity index (χ4n) is 10.8. The molecular formula is C63H115NO18. The van der Waals surface area contributed by atoms with E-state index >= 15 is 0 Å². The number of carbonyl (C=O) groups is 1. The zero-order chi connectivity index (χ0) is 59.7. The molecule has 3 fully saturated rings. The van der Waals surface area contributed by atoms with Crippen molar-refractivity contribution >= 4 is 5.91 Å². The quantitative estimate of drug-likeness (QED) is 0.0218. The molecule has 12 N–H and O–H groups in total. The van der Waals surface area contributed by atoms with Crippen LogP contribution in [0, 0.1) is 0 Å².